The Bertz CT molecular complexity index is 686. The highest BCUT2D eigenvalue weighted by molar-refractivity contribution is 14.1. The van der Waals surface area contributed by atoms with Crippen molar-refractivity contribution in [1.29, 1.82) is 0 Å². The third kappa shape index (κ3) is 4.30. The van der Waals surface area contributed by atoms with Crippen LogP contribution in [-0.4, -0.2) is 18.4 Å². The van der Waals surface area contributed by atoms with Gasteiger partial charge in [0.1, 0.15) is 0 Å². The van der Waals surface area contributed by atoms with Crippen LogP contribution in [0, 0.1) is 3.57 Å². The maximum atomic E-state index is 12.3. The van der Waals surface area contributed by atoms with E-state index in [2.05, 4.69) is 33.2 Å². The quantitative estimate of drug-likeness (QED) is 0.742. The van der Waals surface area contributed by atoms with Gasteiger partial charge < -0.3 is 10.6 Å². The molecule has 0 unspecified atom stereocenters. The van der Waals surface area contributed by atoms with Gasteiger partial charge in [-0.25, -0.2) is 0 Å². The fraction of sp³-hybridized carbons (Fsp3) is 0.176. The minimum absolute atomic E-state index is 0.180. The van der Waals surface area contributed by atoms with Crippen molar-refractivity contribution in [3.63, 3.8) is 0 Å². The molecule has 2 aromatic carbocycles. The number of amides is 2. The summed E-state index contributed by atoms with van der Waals surface area (Å²) in [5.74, 6) is -0.408. The maximum absolute atomic E-state index is 12.3. The molecule has 0 atom stereocenters. The molecule has 0 spiro atoms. The van der Waals surface area contributed by atoms with Crippen molar-refractivity contribution in [2.45, 2.75) is 13.3 Å². The molecule has 0 aromatic heterocycles. The van der Waals surface area contributed by atoms with Gasteiger partial charge in [-0.1, -0.05) is 25.1 Å². The number of anilines is 1. The second kappa shape index (κ2) is 7.93. The number of halogens is 1. The molecular formula is C17H17IN2O2. The molecule has 0 aliphatic carbocycles. The summed E-state index contributed by atoms with van der Waals surface area (Å²) in [6.07, 6.45) is 0.864. The lowest BCUT2D eigenvalue weighted by atomic mass is 10.1. The van der Waals surface area contributed by atoms with E-state index in [-0.39, 0.29) is 11.8 Å². The van der Waals surface area contributed by atoms with Crippen molar-refractivity contribution < 1.29 is 9.59 Å². The Labute approximate surface area is 143 Å². The molecule has 0 radical (unpaired) electrons. The first-order valence-electron chi connectivity index (χ1n) is 7.06. The molecule has 2 N–H and O–H groups in total. The molecule has 0 aliphatic heterocycles. The van der Waals surface area contributed by atoms with Gasteiger partial charge in [0.15, 0.2) is 0 Å². The van der Waals surface area contributed by atoms with Crippen LogP contribution in [0.1, 0.15) is 34.1 Å². The largest absolute Gasteiger partial charge is 0.352 e. The minimum atomic E-state index is -0.228. The van der Waals surface area contributed by atoms with Crippen molar-refractivity contribution in [3.05, 3.63) is 63.2 Å². The second-order valence-corrected chi connectivity index (χ2v) is 6.01. The lowest BCUT2D eigenvalue weighted by molar-refractivity contribution is 0.0954. The SMILES string of the molecule is CCCNC(=O)c1ccccc1NC(=O)c1cccc(I)c1. The van der Waals surface area contributed by atoms with Gasteiger partial charge in [0, 0.05) is 15.7 Å². The predicted molar refractivity (Wildman–Crippen MR) is 96.2 cm³/mol. The molecule has 2 aromatic rings. The molecule has 0 bridgehead atoms. The highest BCUT2D eigenvalue weighted by atomic mass is 127. The molecule has 4 nitrogen and oxygen atoms in total. The van der Waals surface area contributed by atoms with E-state index in [1.807, 2.05) is 19.1 Å². The zero-order valence-corrected chi connectivity index (χ0v) is 14.4. The summed E-state index contributed by atoms with van der Waals surface area (Å²) in [6, 6.07) is 14.3. The van der Waals surface area contributed by atoms with Crippen LogP contribution in [0.5, 0.6) is 0 Å². The summed E-state index contributed by atoms with van der Waals surface area (Å²) >= 11 is 2.16. The molecule has 22 heavy (non-hydrogen) atoms. The Morgan fingerprint density at radius 1 is 1.05 bits per heavy atom. The van der Waals surface area contributed by atoms with Crippen LogP contribution in [-0.2, 0) is 0 Å². The molecule has 2 rings (SSSR count). The van der Waals surface area contributed by atoms with Gasteiger partial charge in [-0.2, -0.15) is 0 Å². The van der Waals surface area contributed by atoms with E-state index in [0.717, 1.165) is 9.99 Å². The number of hydrogen-bond donors (Lipinski definition) is 2. The van der Waals surface area contributed by atoms with Crippen LogP contribution in [0.15, 0.2) is 48.5 Å². The van der Waals surface area contributed by atoms with Crippen LogP contribution in [0.4, 0.5) is 5.69 Å². The van der Waals surface area contributed by atoms with E-state index < -0.39 is 0 Å². The Morgan fingerprint density at radius 2 is 1.82 bits per heavy atom. The van der Waals surface area contributed by atoms with E-state index in [0.29, 0.717) is 23.4 Å². The third-order valence-corrected chi connectivity index (χ3v) is 3.71. The molecular weight excluding hydrogens is 391 g/mol. The fourth-order valence-corrected chi connectivity index (χ4v) is 2.49. The van der Waals surface area contributed by atoms with Crippen LogP contribution in [0.25, 0.3) is 0 Å². The van der Waals surface area contributed by atoms with Gasteiger partial charge in [-0.05, 0) is 59.3 Å². The highest BCUT2D eigenvalue weighted by Crippen LogP contribution is 2.17. The van der Waals surface area contributed by atoms with E-state index >= 15 is 0 Å². The zero-order chi connectivity index (χ0) is 15.9. The van der Waals surface area contributed by atoms with Crippen LogP contribution in [0.2, 0.25) is 0 Å². The first kappa shape index (κ1) is 16.5. The Morgan fingerprint density at radius 3 is 2.55 bits per heavy atom. The lowest BCUT2D eigenvalue weighted by Gasteiger charge is -2.11. The summed E-state index contributed by atoms with van der Waals surface area (Å²) in [5, 5.41) is 5.63. The van der Waals surface area contributed by atoms with E-state index in [9.17, 15) is 9.59 Å². The molecule has 0 heterocycles. The van der Waals surface area contributed by atoms with Gasteiger partial charge in [0.05, 0.1) is 11.3 Å². The Balaban J connectivity index is 2.19. The Kier molecular flexibility index (Phi) is 5.94. The van der Waals surface area contributed by atoms with Gasteiger partial charge in [0.25, 0.3) is 11.8 Å². The van der Waals surface area contributed by atoms with Crippen LogP contribution < -0.4 is 10.6 Å². The van der Waals surface area contributed by atoms with Crippen molar-refractivity contribution >= 4 is 40.1 Å². The minimum Gasteiger partial charge on any atom is -0.352 e. The lowest BCUT2D eigenvalue weighted by Crippen LogP contribution is -2.25. The van der Waals surface area contributed by atoms with E-state index in [1.165, 1.54) is 0 Å². The average molecular weight is 408 g/mol. The fourth-order valence-electron chi connectivity index (χ4n) is 1.95. The third-order valence-electron chi connectivity index (χ3n) is 3.04. The van der Waals surface area contributed by atoms with E-state index in [4.69, 9.17) is 0 Å². The van der Waals surface area contributed by atoms with Crippen molar-refractivity contribution in [1.82, 2.24) is 5.32 Å². The maximum Gasteiger partial charge on any atom is 0.255 e. The number of carbonyl (C=O) groups is 2. The van der Waals surface area contributed by atoms with Crippen molar-refractivity contribution in [2.75, 3.05) is 11.9 Å². The smallest absolute Gasteiger partial charge is 0.255 e. The summed E-state index contributed by atoms with van der Waals surface area (Å²) in [6.45, 7) is 2.60. The second-order valence-electron chi connectivity index (χ2n) is 4.77. The molecule has 114 valence electrons. The molecule has 2 amide bonds. The number of nitrogens with one attached hydrogen (secondary N) is 2. The topological polar surface area (TPSA) is 58.2 Å². The average Bonchev–Trinajstić information content (AvgIpc) is 2.53. The zero-order valence-electron chi connectivity index (χ0n) is 12.2. The van der Waals surface area contributed by atoms with Crippen molar-refractivity contribution in [2.24, 2.45) is 0 Å². The molecule has 0 aliphatic rings. The van der Waals surface area contributed by atoms with Crippen LogP contribution >= 0.6 is 22.6 Å². The molecule has 0 saturated carbocycles. The number of hydrogen-bond acceptors (Lipinski definition) is 2. The van der Waals surface area contributed by atoms with Gasteiger partial charge in [-0.3, -0.25) is 9.59 Å². The standard InChI is InChI=1S/C17H17IN2O2/c1-2-10-19-17(22)14-8-3-4-9-15(14)20-16(21)12-6-5-7-13(18)11-12/h3-9,11H,2,10H2,1H3,(H,19,22)(H,20,21). The Hall–Kier alpha value is -1.89. The molecule has 0 fully saturated rings. The number of rotatable bonds is 5. The molecule has 0 saturated heterocycles. The van der Waals surface area contributed by atoms with Gasteiger partial charge >= 0.3 is 0 Å². The molecule has 5 heteroatoms. The number of para-hydroxylation sites is 1. The summed E-state index contributed by atoms with van der Waals surface area (Å²) in [7, 11) is 0. The number of carbonyl (C=O) groups excluding carboxylic acids is 2. The summed E-state index contributed by atoms with van der Waals surface area (Å²) in [4.78, 5) is 24.4. The van der Waals surface area contributed by atoms with Gasteiger partial charge in [0.2, 0.25) is 0 Å². The summed E-state index contributed by atoms with van der Waals surface area (Å²) in [5.41, 5.74) is 1.55. The highest BCUT2D eigenvalue weighted by Gasteiger charge is 2.13. The number of benzene rings is 2. The van der Waals surface area contributed by atoms with Crippen LogP contribution in [0.3, 0.4) is 0 Å². The first-order valence-corrected chi connectivity index (χ1v) is 8.14. The monoisotopic (exact) mass is 408 g/mol. The first-order chi connectivity index (χ1) is 10.6. The summed E-state index contributed by atoms with van der Waals surface area (Å²) < 4.78 is 0.985. The normalized spacial score (nSPS) is 10.1. The van der Waals surface area contributed by atoms with Crippen molar-refractivity contribution in [3.8, 4) is 0 Å². The van der Waals surface area contributed by atoms with Gasteiger partial charge in [-0.15, -0.1) is 0 Å². The predicted octanol–water partition coefficient (Wildman–Crippen LogP) is 3.68. The van der Waals surface area contributed by atoms with E-state index in [1.54, 1.807) is 36.4 Å².